The van der Waals surface area contributed by atoms with Crippen LogP contribution in [-0.4, -0.2) is 54.7 Å². The maximum Gasteiger partial charge on any atom is 0.251 e. The molecule has 0 saturated carbocycles. The molecule has 1 aliphatic heterocycles. The fourth-order valence-electron chi connectivity index (χ4n) is 2.70. The minimum Gasteiger partial charge on any atom is -0.396 e. The van der Waals surface area contributed by atoms with Crippen molar-refractivity contribution in [1.82, 2.24) is 10.2 Å². The van der Waals surface area contributed by atoms with E-state index >= 15 is 0 Å². The molecule has 1 aromatic carbocycles. The molecule has 0 aliphatic carbocycles. The number of aliphatic hydroxyl groups excluding tert-OH is 1. The molecule has 1 saturated heterocycles. The van der Waals surface area contributed by atoms with Crippen LogP contribution in [0.25, 0.3) is 0 Å². The van der Waals surface area contributed by atoms with Crippen molar-refractivity contribution in [3.05, 3.63) is 35.4 Å². The first-order valence-electron chi connectivity index (χ1n) is 8.08. The summed E-state index contributed by atoms with van der Waals surface area (Å²) >= 11 is 0. The Hall–Kier alpha value is -1.92. The second kappa shape index (κ2) is 7.32. The topological polar surface area (TPSA) is 78.9 Å². The van der Waals surface area contributed by atoms with Gasteiger partial charge in [0, 0.05) is 25.6 Å². The lowest BCUT2D eigenvalue weighted by atomic mass is 9.92. The summed E-state index contributed by atoms with van der Waals surface area (Å²) in [5.41, 5.74) is 1.49. The van der Waals surface area contributed by atoms with Crippen LogP contribution in [0.3, 0.4) is 0 Å². The molecule has 1 heterocycles. The Kier molecular flexibility index (Phi) is 5.62. The molecule has 2 atom stereocenters. The highest BCUT2D eigenvalue weighted by molar-refractivity contribution is 5.86. The normalized spacial score (nSPS) is 21.7. The van der Waals surface area contributed by atoms with Crippen LogP contribution in [0.15, 0.2) is 24.3 Å². The van der Waals surface area contributed by atoms with Gasteiger partial charge in [0.1, 0.15) is 6.61 Å². The Labute approximate surface area is 142 Å². The van der Waals surface area contributed by atoms with E-state index in [0.717, 1.165) is 11.1 Å². The van der Waals surface area contributed by atoms with Crippen molar-refractivity contribution >= 4 is 11.8 Å². The number of amides is 2. The first-order valence-corrected chi connectivity index (χ1v) is 8.08. The summed E-state index contributed by atoms with van der Waals surface area (Å²) in [7, 11) is 1.69. The highest BCUT2D eigenvalue weighted by Crippen LogP contribution is 2.31. The van der Waals surface area contributed by atoms with Crippen molar-refractivity contribution in [2.75, 3.05) is 26.8 Å². The number of morpholine rings is 1. The number of hydrogen-bond acceptors (Lipinski definition) is 4. The average molecular weight is 334 g/mol. The Morgan fingerprint density at radius 2 is 2.08 bits per heavy atom. The van der Waals surface area contributed by atoms with Crippen molar-refractivity contribution in [2.45, 2.75) is 32.9 Å². The molecule has 1 aliphatic rings. The molecule has 0 radical (unpaired) electrons. The molecule has 2 rings (SSSR count). The third-order valence-electron chi connectivity index (χ3n) is 4.42. The highest BCUT2D eigenvalue weighted by atomic mass is 16.5. The number of aliphatic hydroxyl groups is 1. The number of nitrogens with zero attached hydrogens (tertiary/aromatic N) is 1. The summed E-state index contributed by atoms with van der Waals surface area (Å²) in [5.74, 6) is -0.424. The van der Waals surface area contributed by atoms with E-state index in [-0.39, 0.29) is 25.0 Å². The van der Waals surface area contributed by atoms with Gasteiger partial charge in [-0.15, -0.1) is 0 Å². The highest BCUT2D eigenvalue weighted by Gasteiger charge is 2.40. The number of aryl methyl sites for hydroxylation is 1. The number of nitrogens with one attached hydrogen (secondary N) is 1. The zero-order chi connectivity index (χ0) is 17.9. The number of hydrogen-bond donors (Lipinski definition) is 2. The van der Waals surface area contributed by atoms with Crippen LogP contribution in [0, 0.1) is 12.3 Å². The summed E-state index contributed by atoms with van der Waals surface area (Å²) in [4.78, 5) is 26.3. The largest absolute Gasteiger partial charge is 0.396 e. The summed E-state index contributed by atoms with van der Waals surface area (Å²) in [6, 6.07) is 7.20. The maximum absolute atomic E-state index is 12.7. The zero-order valence-electron chi connectivity index (χ0n) is 14.7. The van der Waals surface area contributed by atoms with Gasteiger partial charge in [-0.3, -0.25) is 9.59 Å². The Bertz CT molecular complexity index is 615. The monoisotopic (exact) mass is 334 g/mol. The summed E-state index contributed by atoms with van der Waals surface area (Å²) < 4.78 is 5.58. The molecule has 6 nitrogen and oxygen atoms in total. The second-order valence-corrected chi connectivity index (χ2v) is 7.08. The number of rotatable bonds is 5. The first kappa shape index (κ1) is 18.4. The molecule has 24 heavy (non-hydrogen) atoms. The van der Waals surface area contributed by atoms with E-state index in [0.29, 0.717) is 6.54 Å². The smallest absolute Gasteiger partial charge is 0.251 e. The van der Waals surface area contributed by atoms with Crippen LogP contribution in [-0.2, 0) is 14.3 Å². The SMILES string of the molecule is Cc1ccccc1[C@@H]1[C@@H](C(=O)NCC(C)(C)CO)OCC(=O)N1C. The number of ether oxygens (including phenoxy) is 1. The zero-order valence-corrected chi connectivity index (χ0v) is 14.7. The van der Waals surface area contributed by atoms with Gasteiger partial charge >= 0.3 is 0 Å². The predicted molar refractivity (Wildman–Crippen MR) is 90.3 cm³/mol. The quantitative estimate of drug-likeness (QED) is 0.843. The van der Waals surface area contributed by atoms with E-state index in [4.69, 9.17) is 4.74 Å². The van der Waals surface area contributed by atoms with Gasteiger partial charge in [-0.05, 0) is 18.1 Å². The number of carbonyl (C=O) groups is 2. The molecule has 1 fully saturated rings. The number of benzene rings is 1. The summed E-state index contributed by atoms with van der Waals surface area (Å²) in [5, 5.41) is 12.2. The van der Waals surface area contributed by atoms with Crippen LogP contribution in [0.2, 0.25) is 0 Å². The van der Waals surface area contributed by atoms with Crippen LogP contribution in [0.4, 0.5) is 0 Å². The van der Waals surface area contributed by atoms with Gasteiger partial charge < -0.3 is 20.1 Å². The summed E-state index contributed by atoms with van der Waals surface area (Å²) in [6.45, 7) is 5.87. The third kappa shape index (κ3) is 3.94. The maximum atomic E-state index is 12.7. The van der Waals surface area contributed by atoms with E-state index in [2.05, 4.69) is 5.32 Å². The lowest BCUT2D eigenvalue weighted by Crippen LogP contribution is -2.54. The van der Waals surface area contributed by atoms with Crippen molar-refractivity contribution in [3.63, 3.8) is 0 Å². The van der Waals surface area contributed by atoms with Gasteiger partial charge in [0.2, 0.25) is 5.91 Å². The molecule has 2 N–H and O–H groups in total. The first-order chi connectivity index (χ1) is 11.3. The molecule has 0 aromatic heterocycles. The van der Waals surface area contributed by atoms with E-state index in [1.54, 1.807) is 11.9 Å². The molecule has 2 amide bonds. The molecule has 6 heteroatoms. The van der Waals surface area contributed by atoms with Gasteiger partial charge in [0.25, 0.3) is 5.91 Å². The minimum atomic E-state index is -0.775. The molecule has 0 bridgehead atoms. The molecular formula is C18H26N2O4. The number of carbonyl (C=O) groups excluding carboxylic acids is 2. The van der Waals surface area contributed by atoms with Crippen molar-refractivity contribution in [1.29, 1.82) is 0 Å². The summed E-state index contributed by atoms with van der Waals surface area (Å²) in [6.07, 6.45) is -0.775. The predicted octanol–water partition coefficient (Wildman–Crippen LogP) is 1.03. The third-order valence-corrected chi connectivity index (χ3v) is 4.42. The van der Waals surface area contributed by atoms with Crippen molar-refractivity contribution in [2.24, 2.45) is 5.41 Å². The molecule has 1 aromatic rings. The van der Waals surface area contributed by atoms with Gasteiger partial charge in [-0.25, -0.2) is 0 Å². The number of likely N-dealkylation sites (N-methyl/N-ethyl adjacent to an activating group) is 1. The molecule has 0 unspecified atom stereocenters. The lowest BCUT2D eigenvalue weighted by Gasteiger charge is -2.39. The van der Waals surface area contributed by atoms with Gasteiger partial charge in [-0.1, -0.05) is 38.1 Å². The average Bonchev–Trinajstić information content (AvgIpc) is 2.56. The van der Waals surface area contributed by atoms with E-state index in [1.165, 1.54) is 0 Å². The standard InChI is InChI=1S/C18H26N2O4/c1-12-7-5-6-8-13(12)15-16(24-9-14(22)20(15)4)17(23)19-10-18(2,3)11-21/h5-8,15-16,21H,9-11H2,1-4H3,(H,19,23)/t15-,16+/m1/s1. The second-order valence-electron chi connectivity index (χ2n) is 7.08. The van der Waals surface area contributed by atoms with E-state index in [9.17, 15) is 14.7 Å². The Morgan fingerprint density at radius 3 is 2.71 bits per heavy atom. The van der Waals surface area contributed by atoms with Crippen molar-refractivity contribution < 1.29 is 19.4 Å². The van der Waals surface area contributed by atoms with Crippen LogP contribution >= 0.6 is 0 Å². The fraction of sp³-hybridized carbons (Fsp3) is 0.556. The van der Waals surface area contributed by atoms with Crippen LogP contribution in [0.5, 0.6) is 0 Å². The van der Waals surface area contributed by atoms with Crippen molar-refractivity contribution in [3.8, 4) is 0 Å². The lowest BCUT2D eigenvalue weighted by molar-refractivity contribution is -0.162. The fourth-order valence-corrected chi connectivity index (χ4v) is 2.70. The van der Waals surface area contributed by atoms with Gasteiger partial charge in [0.15, 0.2) is 6.10 Å². The Balaban J connectivity index is 2.24. The van der Waals surface area contributed by atoms with Crippen LogP contribution < -0.4 is 5.32 Å². The minimum absolute atomic E-state index is 0.0294. The van der Waals surface area contributed by atoms with Crippen LogP contribution in [0.1, 0.15) is 31.0 Å². The van der Waals surface area contributed by atoms with Gasteiger partial charge in [0.05, 0.1) is 6.04 Å². The Morgan fingerprint density at radius 1 is 1.42 bits per heavy atom. The van der Waals surface area contributed by atoms with E-state index in [1.807, 2.05) is 45.0 Å². The van der Waals surface area contributed by atoms with Gasteiger partial charge in [-0.2, -0.15) is 0 Å². The molecule has 132 valence electrons. The molecular weight excluding hydrogens is 308 g/mol. The van der Waals surface area contributed by atoms with E-state index < -0.39 is 17.6 Å². The molecule has 0 spiro atoms.